The quantitative estimate of drug-likeness (QED) is 0.629. The van der Waals surface area contributed by atoms with Gasteiger partial charge in [0.05, 0.1) is 0 Å². The predicted molar refractivity (Wildman–Crippen MR) is 59.7 cm³/mol. The zero-order chi connectivity index (χ0) is 9.40. The molecule has 0 bridgehead atoms. The van der Waals surface area contributed by atoms with E-state index in [0.29, 0.717) is 0 Å². The molecule has 0 amide bonds. The third-order valence-electron chi connectivity index (χ3n) is 1.93. The lowest BCUT2D eigenvalue weighted by atomic mass is 10.3. The van der Waals surface area contributed by atoms with Crippen LogP contribution in [0.1, 0.15) is 27.2 Å². The van der Waals surface area contributed by atoms with E-state index in [1.807, 2.05) is 11.8 Å². The van der Waals surface area contributed by atoms with Crippen molar-refractivity contribution < 1.29 is 0 Å². The maximum atomic E-state index is 2.35. The van der Waals surface area contributed by atoms with Crippen molar-refractivity contribution in [1.29, 1.82) is 0 Å². The van der Waals surface area contributed by atoms with Gasteiger partial charge >= 0.3 is 0 Å². The van der Waals surface area contributed by atoms with Crippen LogP contribution in [0, 0.1) is 0 Å². The Morgan fingerprint density at radius 1 is 1.42 bits per heavy atom. The van der Waals surface area contributed by atoms with E-state index in [1.54, 1.807) is 0 Å². The molecular formula is C10H21NS. The van der Waals surface area contributed by atoms with E-state index in [0.717, 1.165) is 6.54 Å². The number of nitrogens with zero attached hydrogens (tertiary/aromatic N) is 1. The molecule has 0 rings (SSSR count). The number of hydrogen-bond acceptors (Lipinski definition) is 2. The molecule has 0 aromatic carbocycles. The standard InChI is InChI=1S/C10H21NS/c1-5-10(12-7-3)8-9-11(4)6-2/h5H,6-9H2,1-4H3/b10-5-. The van der Waals surface area contributed by atoms with Gasteiger partial charge in [0.1, 0.15) is 0 Å². The van der Waals surface area contributed by atoms with E-state index in [4.69, 9.17) is 0 Å². The van der Waals surface area contributed by atoms with E-state index < -0.39 is 0 Å². The van der Waals surface area contributed by atoms with E-state index in [9.17, 15) is 0 Å². The second-order valence-corrected chi connectivity index (χ2v) is 4.22. The highest BCUT2D eigenvalue weighted by Gasteiger charge is 1.98. The second kappa shape index (κ2) is 7.69. The van der Waals surface area contributed by atoms with Gasteiger partial charge in [-0.2, -0.15) is 0 Å². The molecule has 0 heterocycles. The van der Waals surface area contributed by atoms with Crippen molar-refractivity contribution in [2.75, 3.05) is 25.9 Å². The largest absolute Gasteiger partial charge is 0.306 e. The first kappa shape index (κ1) is 12.0. The van der Waals surface area contributed by atoms with Crippen LogP contribution in [0.15, 0.2) is 11.0 Å². The summed E-state index contributed by atoms with van der Waals surface area (Å²) >= 11 is 1.96. The molecule has 0 spiro atoms. The molecule has 0 aromatic heterocycles. The summed E-state index contributed by atoms with van der Waals surface area (Å²) < 4.78 is 0. The lowest BCUT2D eigenvalue weighted by Gasteiger charge is -2.14. The molecule has 2 heteroatoms. The number of rotatable bonds is 6. The molecule has 0 saturated heterocycles. The smallest absolute Gasteiger partial charge is 0.00236 e. The summed E-state index contributed by atoms with van der Waals surface area (Å²) in [5.41, 5.74) is 0. The van der Waals surface area contributed by atoms with Gasteiger partial charge in [0.15, 0.2) is 0 Å². The number of hydrogen-bond donors (Lipinski definition) is 0. The van der Waals surface area contributed by atoms with Gasteiger partial charge in [-0.15, -0.1) is 11.8 Å². The highest BCUT2D eigenvalue weighted by atomic mass is 32.2. The van der Waals surface area contributed by atoms with Crippen LogP contribution in [0.5, 0.6) is 0 Å². The highest BCUT2D eigenvalue weighted by Crippen LogP contribution is 2.18. The Bertz CT molecular complexity index is 132. The number of allylic oxidation sites excluding steroid dienone is 1. The molecule has 0 N–H and O–H groups in total. The monoisotopic (exact) mass is 187 g/mol. The van der Waals surface area contributed by atoms with Gasteiger partial charge < -0.3 is 4.90 Å². The molecule has 72 valence electrons. The van der Waals surface area contributed by atoms with Crippen molar-refractivity contribution in [2.24, 2.45) is 0 Å². The summed E-state index contributed by atoms with van der Waals surface area (Å²) in [6.07, 6.45) is 3.44. The minimum atomic E-state index is 1.15. The van der Waals surface area contributed by atoms with Crippen LogP contribution >= 0.6 is 11.8 Å². The fourth-order valence-electron chi connectivity index (χ4n) is 0.944. The maximum absolute atomic E-state index is 2.35. The van der Waals surface area contributed by atoms with Gasteiger partial charge in [0.2, 0.25) is 0 Å². The maximum Gasteiger partial charge on any atom is 0.00236 e. The van der Waals surface area contributed by atoms with Crippen LogP contribution < -0.4 is 0 Å². The van der Waals surface area contributed by atoms with Crippen molar-refractivity contribution in [3.8, 4) is 0 Å². The molecule has 0 aliphatic heterocycles. The third-order valence-corrected chi connectivity index (χ3v) is 3.03. The topological polar surface area (TPSA) is 3.24 Å². The van der Waals surface area contributed by atoms with Gasteiger partial charge in [-0.05, 0) is 37.6 Å². The van der Waals surface area contributed by atoms with Crippen molar-refractivity contribution in [1.82, 2.24) is 4.90 Å². The van der Waals surface area contributed by atoms with Crippen LogP contribution in [-0.2, 0) is 0 Å². The van der Waals surface area contributed by atoms with Gasteiger partial charge in [-0.1, -0.05) is 19.9 Å². The Morgan fingerprint density at radius 3 is 2.50 bits per heavy atom. The van der Waals surface area contributed by atoms with Crippen LogP contribution in [0.4, 0.5) is 0 Å². The summed E-state index contributed by atoms with van der Waals surface area (Å²) in [6.45, 7) is 8.86. The Labute approximate surface area is 81.2 Å². The second-order valence-electron chi connectivity index (χ2n) is 2.83. The first-order valence-corrected chi connectivity index (χ1v) is 5.69. The Morgan fingerprint density at radius 2 is 2.08 bits per heavy atom. The van der Waals surface area contributed by atoms with E-state index in [2.05, 4.69) is 38.8 Å². The zero-order valence-corrected chi connectivity index (χ0v) is 9.58. The molecule has 0 aromatic rings. The molecule has 0 aliphatic rings. The van der Waals surface area contributed by atoms with E-state index in [1.165, 1.54) is 23.6 Å². The summed E-state index contributed by atoms with van der Waals surface area (Å²) in [5, 5.41) is 0. The van der Waals surface area contributed by atoms with Gasteiger partial charge in [-0.3, -0.25) is 0 Å². The molecule has 0 fully saturated rings. The van der Waals surface area contributed by atoms with Crippen molar-refractivity contribution in [3.63, 3.8) is 0 Å². The minimum absolute atomic E-state index is 1.15. The van der Waals surface area contributed by atoms with Gasteiger partial charge in [-0.25, -0.2) is 0 Å². The summed E-state index contributed by atoms with van der Waals surface area (Å²) in [5.74, 6) is 1.19. The third kappa shape index (κ3) is 5.67. The van der Waals surface area contributed by atoms with Crippen molar-refractivity contribution >= 4 is 11.8 Å². The molecule has 0 atom stereocenters. The molecule has 0 unspecified atom stereocenters. The average Bonchev–Trinajstić information content (AvgIpc) is 2.11. The van der Waals surface area contributed by atoms with Crippen LogP contribution in [-0.4, -0.2) is 30.8 Å². The zero-order valence-electron chi connectivity index (χ0n) is 8.76. The van der Waals surface area contributed by atoms with Crippen LogP contribution in [0.2, 0.25) is 0 Å². The van der Waals surface area contributed by atoms with E-state index in [-0.39, 0.29) is 0 Å². The predicted octanol–water partition coefficient (Wildman–Crippen LogP) is 2.99. The lowest BCUT2D eigenvalue weighted by molar-refractivity contribution is 0.359. The van der Waals surface area contributed by atoms with Gasteiger partial charge in [0.25, 0.3) is 0 Å². The Kier molecular flexibility index (Phi) is 7.72. The Hall–Kier alpha value is 0.0500. The normalized spacial score (nSPS) is 12.6. The lowest BCUT2D eigenvalue weighted by Crippen LogP contribution is -2.18. The Balaban J connectivity index is 3.58. The molecule has 0 saturated carbocycles. The molecule has 0 aliphatic carbocycles. The first-order valence-electron chi connectivity index (χ1n) is 4.71. The van der Waals surface area contributed by atoms with Crippen molar-refractivity contribution in [2.45, 2.75) is 27.2 Å². The van der Waals surface area contributed by atoms with Crippen LogP contribution in [0.3, 0.4) is 0 Å². The van der Waals surface area contributed by atoms with Crippen molar-refractivity contribution in [3.05, 3.63) is 11.0 Å². The summed E-state index contributed by atoms with van der Waals surface area (Å²) in [4.78, 5) is 3.87. The molecule has 1 nitrogen and oxygen atoms in total. The van der Waals surface area contributed by atoms with E-state index >= 15 is 0 Å². The molecule has 12 heavy (non-hydrogen) atoms. The number of thioether (sulfide) groups is 1. The first-order chi connectivity index (χ1) is 5.74. The molecular weight excluding hydrogens is 166 g/mol. The SMILES string of the molecule is C/C=C(/CCN(C)CC)SCC. The minimum Gasteiger partial charge on any atom is -0.306 e. The average molecular weight is 187 g/mol. The fraction of sp³-hybridized carbons (Fsp3) is 0.800. The van der Waals surface area contributed by atoms with Gasteiger partial charge in [0, 0.05) is 6.54 Å². The highest BCUT2D eigenvalue weighted by molar-refractivity contribution is 8.03. The molecule has 0 radical (unpaired) electrons. The van der Waals surface area contributed by atoms with Crippen LogP contribution in [0.25, 0.3) is 0 Å². The summed E-state index contributed by atoms with van der Waals surface area (Å²) in [6, 6.07) is 0. The fourth-order valence-corrected chi connectivity index (χ4v) is 1.72. The summed E-state index contributed by atoms with van der Waals surface area (Å²) in [7, 11) is 2.17.